The molecule has 2 fully saturated rings. The number of ether oxygens (including phenoxy) is 2. The van der Waals surface area contributed by atoms with E-state index in [4.69, 9.17) is 14.5 Å². The first-order valence-corrected chi connectivity index (χ1v) is 16.8. The van der Waals surface area contributed by atoms with E-state index in [0.717, 1.165) is 60.4 Å². The molecule has 1 aromatic carbocycles. The Hall–Kier alpha value is -2.63. The molecule has 2 aliphatic heterocycles. The van der Waals surface area contributed by atoms with Crippen LogP contribution in [0.25, 0.3) is 0 Å². The predicted molar refractivity (Wildman–Crippen MR) is 161 cm³/mol. The fraction of sp³-hybridized carbons (Fsp3) is 0.519. The van der Waals surface area contributed by atoms with E-state index in [-0.39, 0.29) is 17.6 Å². The minimum absolute atomic E-state index is 0.188. The molecule has 0 spiro atoms. The Morgan fingerprint density at radius 1 is 1.08 bits per heavy atom. The molecular formula is C27H39N5O4S2. The molecule has 38 heavy (non-hydrogen) atoms. The number of aryl methyl sites for hydroxylation is 1. The maximum Gasteiger partial charge on any atom is 0.317 e. The fourth-order valence-electron chi connectivity index (χ4n) is 4.47. The van der Waals surface area contributed by atoms with E-state index in [9.17, 15) is 9.59 Å². The van der Waals surface area contributed by atoms with Crippen molar-refractivity contribution in [2.45, 2.75) is 13.8 Å². The number of rotatable bonds is 9. The van der Waals surface area contributed by atoms with Gasteiger partial charge in [0.05, 0.1) is 31.1 Å². The van der Waals surface area contributed by atoms with Gasteiger partial charge in [0, 0.05) is 31.9 Å². The van der Waals surface area contributed by atoms with Crippen molar-refractivity contribution in [3.05, 3.63) is 41.5 Å². The van der Waals surface area contributed by atoms with Gasteiger partial charge in [-0.3, -0.25) is 9.59 Å². The van der Waals surface area contributed by atoms with E-state index in [0.29, 0.717) is 31.2 Å². The smallest absolute Gasteiger partial charge is 0.317 e. The van der Waals surface area contributed by atoms with E-state index in [1.165, 1.54) is 11.9 Å². The lowest BCUT2D eigenvalue weighted by molar-refractivity contribution is -0.139. The van der Waals surface area contributed by atoms with Crippen LogP contribution in [0.2, 0.25) is 0 Å². The third kappa shape index (κ3) is 7.48. The van der Waals surface area contributed by atoms with Crippen molar-refractivity contribution < 1.29 is 19.1 Å². The maximum absolute atomic E-state index is 13.6. The zero-order valence-electron chi connectivity index (χ0n) is 22.7. The Balaban J connectivity index is 1.53. The normalized spacial score (nSPS) is 18.0. The molecule has 0 atom stereocenters. The van der Waals surface area contributed by atoms with Gasteiger partial charge in [0.15, 0.2) is 0 Å². The van der Waals surface area contributed by atoms with E-state index in [1.54, 1.807) is 6.92 Å². The van der Waals surface area contributed by atoms with Gasteiger partial charge in [-0.25, -0.2) is 15.0 Å². The number of nitrogens with one attached hydrogen (secondary N) is 2. The van der Waals surface area contributed by atoms with Gasteiger partial charge in [-0.1, -0.05) is 6.07 Å². The summed E-state index contributed by atoms with van der Waals surface area (Å²) in [7, 11) is -0.601. The minimum atomic E-state index is -0.601. The van der Waals surface area contributed by atoms with Gasteiger partial charge < -0.3 is 29.3 Å². The molecule has 11 heteroatoms. The molecule has 0 radical (unpaired) electrons. The third-order valence-electron chi connectivity index (χ3n) is 6.72. The first-order valence-electron chi connectivity index (χ1n) is 13.0. The minimum Gasteiger partial charge on any atom is -0.465 e. The highest BCUT2D eigenvalue weighted by molar-refractivity contribution is 8.32. The number of morpholine rings is 1. The van der Waals surface area contributed by atoms with Crippen molar-refractivity contribution in [1.82, 2.24) is 4.98 Å². The number of esters is 1. The van der Waals surface area contributed by atoms with Gasteiger partial charge in [0.1, 0.15) is 17.4 Å². The van der Waals surface area contributed by atoms with E-state index < -0.39 is 10.0 Å². The molecule has 1 amide bonds. The van der Waals surface area contributed by atoms with Gasteiger partial charge in [0.25, 0.3) is 5.91 Å². The molecule has 0 unspecified atom stereocenters. The number of benzene rings is 1. The molecule has 0 bridgehead atoms. The molecule has 2 aliphatic rings. The summed E-state index contributed by atoms with van der Waals surface area (Å²) in [4.78, 5) is 34.6. The summed E-state index contributed by atoms with van der Waals surface area (Å²) >= 11 is 1.28. The van der Waals surface area contributed by atoms with Crippen molar-refractivity contribution in [2.24, 2.45) is 0 Å². The molecule has 208 valence electrons. The molecule has 2 N–H and O–H groups in total. The number of pyridine rings is 1. The van der Waals surface area contributed by atoms with Crippen LogP contribution in [0.3, 0.4) is 0 Å². The zero-order chi connectivity index (χ0) is 27.1. The van der Waals surface area contributed by atoms with Crippen LogP contribution in [0, 0.1) is 6.92 Å². The van der Waals surface area contributed by atoms with Crippen molar-refractivity contribution in [3.63, 3.8) is 0 Å². The quantitative estimate of drug-likeness (QED) is 0.348. The Morgan fingerprint density at radius 2 is 1.82 bits per heavy atom. The highest BCUT2D eigenvalue weighted by Gasteiger charge is 2.25. The van der Waals surface area contributed by atoms with Crippen LogP contribution < -0.4 is 19.8 Å². The molecule has 0 saturated carbocycles. The summed E-state index contributed by atoms with van der Waals surface area (Å²) < 4.78 is 13.7. The summed E-state index contributed by atoms with van der Waals surface area (Å²) in [5.41, 5.74) is 3.40. The van der Waals surface area contributed by atoms with Crippen LogP contribution in [0.5, 0.6) is 0 Å². The molecule has 9 nitrogen and oxygen atoms in total. The van der Waals surface area contributed by atoms with Crippen molar-refractivity contribution in [3.8, 4) is 0 Å². The summed E-state index contributed by atoms with van der Waals surface area (Å²) in [6.07, 6.45) is 4.74. The number of hydrogen-bond acceptors (Lipinski definition) is 9. The van der Waals surface area contributed by atoms with Gasteiger partial charge in [-0.05, 0) is 79.6 Å². The number of aromatic nitrogens is 1. The first-order chi connectivity index (χ1) is 18.3. The number of anilines is 4. The SMILES string of the molecule is CCOC(=O)CSNc1ccc(C(=O)Nc2ccc(C)c(N3CCOCC3)n2)c(N2CCS(C)(C)CC2)c1. The number of nitrogens with zero attached hydrogens (tertiary/aromatic N) is 3. The zero-order valence-corrected chi connectivity index (χ0v) is 24.4. The second kappa shape index (κ2) is 12.9. The number of carbonyl (C=O) groups is 2. The van der Waals surface area contributed by atoms with Crippen LogP contribution in [0.1, 0.15) is 22.8 Å². The molecular weight excluding hydrogens is 522 g/mol. The summed E-state index contributed by atoms with van der Waals surface area (Å²) in [6.45, 7) is 8.93. The second-order valence-corrected chi connectivity index (χ2v) is 15.1. The Labute approximate surface area is 231 Å². The Bertz CT molecular complexity index is 1130. The summed E-state index contributed by atoms with van der Waals surface area (Å²) in [5, 5.41) is 3.04. The fourth-order valence-corrected chi connectivity index (χ4v) is 6.67. The largest absolute Gasteiger partial charge is 0.465 e. The van der Waals surface area contributed by atoms with Gasteiger partial charge >= 0.3 is 5.97 Å². The van der Waals surface area contributed by atoms with Crippen molar-refractivity contribution in [2.75, 3.05) is 95.6 Å². The van der Waals surface area contributed by atoms with Crippen LogP contribution >= 0.6 is 22.0 Å². The highest BCUT2D eigenvalue weighted by atomic mass is 32.3. The van der Waals surface area contributed by atoms with Crippen LogP contribution in [-0.4, -0.2) is 92.6 Å². The third-order valence-corrected chi connectivity index (χ3v) is 10.1. The lowest BCUT2D eigenvalue weighted by Crippen LogP contribution is -2.39. The van der Waals surface area contributed by atoms with Crippen molar-refractivity contribution >= 4 is 56.9 Å². The highest BCUT2D eigenvalue weighted by Crippen LogP contribution is 2.43. The molecule has 2 saturated heterocycles. The van der Waals surface area contributed by atoms with Gasteiger partial charge in [-0.2, -0.15) is 0 Å². The predicted octanol–water partition coefficient (Wildman–Crippen LogP) is 3.99. The molecule has 0 aliphatic carbocycles. The van der Waals surface area contributed by atoms with Crippen LogP contribution in [-0.2, 0) is 14.3 Å². The van der Waals surface area contributed by atoms with E-state index >= 15 is 0 Å². The lowest BCUT2D eigenvalue weighted by atomic mass is 10.1. The van der Waals surface area contributed by atoms with E-state index in [1.807, 2.05) is 37.3 Å². The second-order valence-electron chi connectivity index (χ2n) is 9.98. The van der Waals surface area contributed by atoms with Gasteiger partial charge in [0.2, 0.25) is 0 Å². The van der Waals surface area contributed by atoms with E-state index in [2.05, 4.69) is 32.4 Å². The lowest BCUT2D eigenvalue weighted by Gasteiger charge is -2.42. The number of carbonyl (C=O) groups excluding carboxylic acids is 2. The first kappa shape index (κ1) is 28.4. The van der Waals surface area contributed by atoms with Crippen molar-refractivity contribution in [1.29, 1.82) is 0 Å². The molecule has 2 aromatic rings. The monoisotopic (exact) mass is 561 g/mol. The van der Waals surface area contributed by atoms with Crippen LogP contribution in [0.4, 0.5) is 23.0 Å². The Kier molecular flexibility index (Phi) is 9.67. The summed E-state index contributed by atoms with van der Waals surface area (Å²) in [5.74, 6) is 3.43. The Morgan fingerprint density at radius 3 is 2.53 bits per heavy atom. The average Bonchev–Trinajstić information content (AvgIpc) is 2.90. The topological polar surface area (TPSA) is 96.0 Å². The van der Waals surface area contributed by atoms with Gasteiger partial charge in [-0.15, -0.1) is 0 Å². The number of amides is 1. The molecule has 4 rings (SSSR count). The van der Waals surface area contributed by atoms with Crippen LogP contribution in [0.15, 0.2) is 30.3 Å². The standard InChI is InChI=1S/C27H39N5O4S2/c1-5-36-25(33)19-37-30-21-7-8-22(23(18-21)31-12-16-38(3,4)17-13-31)27(34)29-24-9-6-20(2)26(28-24)32-10-14-35-15-11-32/h6-9,18,30H,5,10-17,19H2,1-4H3,(H,28,29,34). The number of hydrogen-bond donors (Lipinski definition) is 2. The summed E-state index contributed by atoms with van der Waals surface area (Å²) in [6, 6.07) is 9.57. The maximum atomic E-state index is 13.6. The molecule has 1 aromatic heterocycles. The molecule has 3 heterocycles. The average molecular weight is 562 g/mol.